The molecule has 3 rings (SSSR count). The molecule has 0 saturated carbocycles. The molecule has 0 aliphatic rings. The monoisotopic (exact) mass is 406 g/mol. The van der Waals surface area contributed by atoms with Gasteiger partial charge in [-0.2, -0.15) is 0 Å². The van der Waals surface area contributed by atoms with Gasteiger partial charge < -0.3 is 15.4 Å². The summed E-state index contributed by atoms with van der Waals surface area (Å²) in [7, 11) is 1.58. The molecule has 0 bridgehead atoms. The zero-order chi connectivity index (χ0) is 20.6. The van der Waals surface area contributed by atoms with Gasteiger partial charge in [-0.05, 0) is 48.9 Å². The van der Waals surface area contributed by atoms with Crippen LogP contribution >= 0.6 is 11.8 Å². The van der Waals surface area contributed by atoms with Crippen molar-refractivity contribution in [2.45, 2.75) is 11.8 Å². The van der Waals surface area contributed by atoms with Crippen LogP contribution in [0.15, 0.2) is 77.7 Å². The molecule has 3 aromatic carbocycles. The Labute approximate surface area is 174 Å². The first-order valence-electron chi connectivity index (χ1n) is 9.09. The maximum Gasteiger partial charge on any atom is 0.256 e. The molecule has 0 aliphatic heterocycles. The van der Waals surface area contributed by atoms with E-state index in [4.69, 9.17) is 4.74 Å². The number of hydrogen-bond donors (Lipinski definition) is 2. The van der Waals surface area contributed by atoms with Crippen molar-refractivity contribution in [3.8, 4) is 5.75 Å². The summed E-state index contributed by atoms with van der Waals surface area (Å²) in [5, 5.41) is 5.75. The van der Waals surface area contributed by atoms with Gasteiger partial charge in [-0.1, -0.05) is 30.3 Å². The summed E-state index contributed by atoms with van der Waals surface area (Å²) in [6.07, 6.45) is 0. The normalized spacial score (nSPS) is 10.3. The molecule has 5 nitrogen and oxygen atoms in total. The van der Waals surface area contributed by atoms with E-state index in [0.29, 0.717) is 17.0 Å². The summed E-state index contributed by atoms with van der Waals surface area (Å²) in [6.45, 7) is 1.97. The first-order valence-corrected chi connectivity index (χ1v) is 10.1. The average molecular weight is 407 g/mol. The van der Waals surface area contributed by atoms with Crippen LogP contribution < -0.4 is 15.4 Å². The summed E-state index contributed by atoms with van der Waals surface area (Å²) in [5.74, 6) is 0.504. The molecule has 0 aliphatic carbocycles. The van der Waals surface area contributed by atoms with E-state index in [2.05, 4.69) is 10.6 Å². The predicted molar refractivity (Wildman–Crippen MR) is 118 cm³/mol. The molecule has 148 valence electrons. The molecular weight excluding hydrogens is 384 g/mol. The number of benzene rings is 3. The van der Waals surface area contributed by atoms with E-state index in [1.807, 2.05) is 61.5 Å². The molecule has 0 atom stereocenters. The van der Waals surface area contributed by atoms with Crippen LogP contribution in [-0.4, -0.2) is 24.7 Å². The number of carbonyl (C=O) groups is 2. The van der Waals surface area contributed by atoms with Gasteiger partial charge in [0.2, 0.25) is 5.91 Å². The van der Waals surface area contributed by atoms with E-state index in [0.717, 1.165) is 16.1 Å². The van der Waals surface area contributed by atoms with Crippen molar-refractivity contribution in [1.29, 1.82) is 0 Å². The lowest BCUT2D eigenvalue weighted by Crippen LogP contribution is -2.16. The number of amides is 2. The molecule has 2 amide bonds. The molecule has 0 heterocycles. The van der Waals surface area contributed by atoms with E-state index in [1.165, 1.54) is 11.8 Å². The highest BCUT2D eigenvalue weighted by molar-refractivity contribution is 8.00. The Morgan fingerprint density at radius 3 is 2.38 bits per heavy atom. The predicted octanol–water partition coefficient (Wildman–Crippen LogP) is 4.99. The highest BCUT2D eigenvalue weighted by Crippen LogP contribution is 2.24. The van der Waals surface area contributed by atoms with Crippen molar-refractivity contribution in [3.63, 3.8) is 0 Å². The van der Waals surface area contributed by atoms with Gasteiger partial charge in [0.05, 0.1) is 18.4 Å². The quantitative estimate of drug-likeness (QED) is 0.543. The lowest BCUT2D eigenvalue weighted by Gasteiger charge is -2.11. The molecule has 0 saturated heterocycles. The van der Waals surface area contributed by atoms with E-state index < -0.39 is 0 Å². The number of carbonyl (C=O) groups excluding carboxylic acids is 2. The first-order chi connectivity index (χ1) is 14.0. The minimum atomic E-state index is -0.202. The smallest absolute Gasteiger partial charge is 0.256 e. The molecule has 3 aromatic rings. The van der Waals surface area contributed by atoms with Crippen molar-refractivity contribution in [2.24, 2.45) is 0 Å². The van der Waals surface area contributed by atoms with Crippen LogP contribution in [0.3, 0.4) is 0 Å². The fourth-order valence-corrected chi connectivity index (χ4v) is 3.59. The van der Waals surface area contributed by atoms with Crippen LogP contribution in [0.25, 0.3) is 0 Å². The lowest BCUT2D eigenvalue weighted by molar-refractivity contribution is -0.113. The lowest BCUT2D eigenvalue weighted by atomic mass is 10.2. The van der Waals surface area contributed by atoms with Gasteiger partial charge in [-0.25, -0.2) is 0 Å². The van der Waals surface area contributed by atoms with E-state index in [1.54, 1.807) is 25.3 Å². The van der Waals surface area contributed by atoms with Crippen molar-refractivity contribution < 1.29 is 14.3 Å². The van der Waals surface area contributed by atoms with Crippen LogP contribution in [0.5, 0.6) is 5.75 Å². The average Bonchev–Trinajstić information content (AvgIpc) is 2.72. The molecule has 2 N–H and O–H groups in total. The number of nitrogens with one attached hydrogen (secondary N) is 2. The Balaban J connectivity index is 1.64. The minimum Gasteiger partial charge on any atom is -0.497 e. The van der Waals surface area contributed by atoms with E-state index in [-0.39, 0.29) is 17.6 Å². The van der Waals surface area contributed by atoms with Gasteiger partial charge in [0, 0.05) is 22.3 Å². The number of rotatable bonds is 7. The molecule has 0 spiro atoms. The Morgan fingerprint density at radius 2 is 1.62 bits per heavy atom. The topological polar surface area (TPSA) is 67.4 Å². The van der Waals surface area contributed by atoms with Crippen LogP contribution in [0.1, 0.15) is 15.9 Å². The second kappa shape index (κ2) is 9.80. The maximum absolute atomic E-state index is 12.7. The Kier molecular flexibility index (Phi) is 6.92. The van der Waals surface area contributed by atoms with Gasteiger partial charge >= 0.3 is 0 Å². The highest BCUT2D eigenvalue weighted by atomic mass is 32.2. The van der Waals surface area contributed by atoms with Crippen molar-refractivity contribution in [3.05, 3.63) is 83.9 Å². The summed E-state index contributed by atoms with van der Waals surface area (Å²) in [5.41, 5.74) is 3.01. The second-order valence-corrected chi connectivity index (χ2v) is 7.41. The highest BCUT2D eigenvalue weighted by Gasteiger charge is 2.13. The maximum atomic E-state index is 12.7. The summed E-state index contributed by atoms with van der Waals surface area (Å²) < 4.78 is 5.16. The number of hydrogen-bond acceptors (Lipinski definition) is 4. The fraction of sp³-hybridized carbons (Fsp3) is 0.130. The molecule has 6 heteroatoms. The first kappa shape index (κ1) is 20.5. The summed E-state index contributed by atoms with van der Waals surface area (Å²) in [4.78, 5) is 25.8. The fourth-order valence-electron chi connectivity index (χ4n) is 2.74. The van der Waals surface area contributed by atoms with Crippen molar-refractivity contribution in [2.75, 3.05) is 23.5 Å². The SMILES string of the molecule is COc1cccc(NC(=O)CSc2ccccc2C(=O)Nc2cccc(C)c2)c1. The number of thioether (sulfide) groups is 1. The molecule has 29 heavy (non-hydrogen) atoms. The Hall–Kier alpha value is -3.25. The molecule has 0 fully saturated rings. The van der Waals surface area contributed by atoms with Crippen LogP contribution in [0.4, 0.5) is 11.4 Å². The van der Waals surface area contributed by atoms with Gasteiger partial charge in [-0.3, -0.25) is 9.59 Å². The minimum absolute atomic E-state index is 0.155. The standard InChI is InChI=1S/C23H22N2O3S/c1-16-7-5-8-17(13-16)25-23(27)20-11-3-4-12-21(20)29-15-22(26)24-18-9-6-10-19(14-18)28-2/h3-14H,15H2,1-2H3,(H,24,26)(H,25,27). The third-order valence-electron chi connectivity index (χ3n) is 4.12. The van der Waals surface area contributed by atoms with E-state index >= 15 is 0 Å². The third kappa shape index (κ3) is 5.86. The van der Waals surface area contributed by atoms with Gasteiger partial charge in [0.25, 0.3) is 5.91 Å². The second-order valence-electron chi connectivity index (χ2n) is 6.39. The zero-order valence-electron chi connectivity index (χ0n) is 16.3. The number of aryl methyl sites for hydroxylation is 1. The van der Waals surface area contributed by atoms with Crippen LogP contribution in [0, 0.1) is 6.92 Å². The molecular formula is C23H22N2O3S. The number of anilines is 2. The summed E-state index contributed by atoms with van der Waals surface area (Å²) in [6, 6.07) is 22.1. The number of methoxy groups -OCH3 is 1. The molecule has 0 unspecified atom stereocenters. The summed E-state index contributed by atoms with van der Waals surface area (Å²) >= 11 is 1.32. The van der Waals surface area contributed by atoms with Crippen LogP contribution in [-0.2, 0) is 4.79 Å². The Morgan fingerprint density at radius 1 is 0.897 bits per heavy atom. The molecule has 0 radical (unpaired) electrons. The zero-order valence-corrected chi connectivity index (χ0v) is 17.1. The Bertz CT molecular complexity index is 1020. The molecule has 0 aromatic heterocycles. The van der Waals surface area contributed by atoms with Crippen LogP contribution in [0.2, 0.25) is 0 Å². The van der Waals surface area contributed by atoms with Gasteiger partial charge in [-0.15, -0.1) is 11.8 Å². The van der Waals surface area contributed by atoms with Gasteiger partial charge in [0.1, 0.15) is 5.75 Å². The third-order valence-corrected chi connectivity index (χ3v) is 5.19. The van der Waals surface area contributed by atoms with Crippen molar-refractivity contribution >= 4 is 35.0 Å². The van der Waals surface area contributed by atoms with E-state index in [9.17, 15) is 9.59 Å². The van der Waals surface area contributed by atoms with Gasteiger partial charge in [0.15, 0.2) is 0 Å². The number of ether oxygens (including phenoxy) is 1. The van der Waals surface area contributed by atoms with Crippen molar-refractivity contribution in [1.82, 2.24) is 0 Å². The largest absolute Gasteiger partial charge is 0.497 e.